The lowest BCUT2D eigenvalue weighted by molar-refractivity contribution is 0.146. The number of methoxy groups -OCH3 is 2. The highest BCUT2D eigenvalue weighted by Crippen LogP contribution is 2.30. The Hall–Kier alpha value is -3.60. The Bertz CT molecular complexity index is 1330. The minimum Gasteiger partial charge on any atom is -0.497 e. The van der Waals surface area contributed by atoms with Crippen molar-refractivity contribution < 1.29 is 23.2 Å². The first kappa shape index (κ1) is 25.5. The van der Waals surface area contributed by atoms with Crippen LogP contribution >= 0.6 is 11.6 Å². The molecule has 0 bridgehead atoms. The van der Waals surface area contributed by atoms with Crippen molar-refractivity contribution in [2.75, 3.05) is 33.9 Å². The van der Waals surface area contributed by atoms with Gasteiger partial charge < -0.3 is 18.6 Å². The molecule has 2 aromatic carbocycles. The third kappa shape index (κ3) is 6.14. The monoisotopic (exact) mass is 514 g/mol. The van der Waals surface area contributed by atoms with Crippen molar-refractivity contribution in [2.45, 2.75) is 20.1 Å². The molecular weight excluding hydrogens is 488 g/mol. The van der Waals surface area contributed by atoms with Crippen LogP contribution in [-0.2, 0) is 17.9 Å². The molecule has 4 aromatic rings. The average Bonchev–Trinajstić information content (AvgIpc) is 3.51. The minimum absolute atomic E-state index is 0.150. The molecule has 0 radical (unpaired) electrons. The van der Waals surface area contributed by atoms with Gasteiger partial charge in [0.2, 0.25) is 5.89 Å². The van der Waals surface area contributed by atoms with Crippen molar-refractivity contribution in [2.24, 2.45) is 0 Å². The first-order valence-electron chi connectivity index (χ1n) is 11.3. The number of likely N-dealkylation sites (N-methyl/N-ethyl adjacent to an activating group) is 1. The van der Waals surface area contributed by atoms with Gasteiger partial charge in [0, 0.05) is 31.3 Å². The molecule has 10 nitrogen and oxygen atoms in total. The lowest BCUT2D eigenvalue weighted by Gasteiger charge is -2.19. The Labute approximate surface area is 212 Å². The molecule has 0 aliphatic carbocycles. The van der Waals surface area contributed by atoms with Crippen LogP contribution in [0.5, 0.6) is 11.5 Å². The van der Waals surface area contributed by atoms with Crippen LogP contribution in [-0.4, -0.2) is 53.9 Å². The van der Waals surface area contributed by atoms with E-state index < -0.39 is 5.76 Å². The van der Waals surface area contributed by atoms with E-state index in [1.54, 1.807) is 32.4 Å². The quantitative estimate of drug-likeness (QED) is 0.293. The average molecular weight is 515 g/mol. The maximum absolute atomic E-state index is 11.2. The Morgan fingerprint density at radius 3 is 2.53 bits per heavy atom. The number of H-pyrrole nitrogens is 1. The molecule has 0 fully saturated rings. The lowest BCUT2D eigenvalue weighted by atomic mass is 10.2. The van der Waals surface area contributed by atoms with Gasteiger partial charge in [0.25, 0.3) is 0 Å². The molecule has 0 aliphatic rings. The maximum Gasteiger partial charge on any atom is 0.439 e. The Morgan fingerprint density at radius 2 is 1.89 bits per heavy atom. The standard InChI is InChI=1S/C25H27ClN4O6/c1-4-30(11-12-32-2)14-21-22(35-24(27-21)16-5-7-17(33-3)8-6-16)15-34-18-9-10-19(20(26)13-18)23-28-25(31)36-29-23/h5-10,13H,4,11-12,14-15H2,1-3H3,(H,28,29,31). The van der Waals surface area contributed by atoms with Gasteiger partial charge in [0.1, 0.15) is 23.8 Å². The first-order chi connectivity index (χ1) is 17.5. The molecule has 0 saturated carbocycles. The zero-order valence-corrected chi connectivity index (χ0v) is 21.0. The number of aromatic nitrogens is 3. The number of rotatable bonds is 12. The van der Waals surface area contributed by atoms with Gasteiger partial charge >= 0.3 is 5.76 Å². The first-order valence-corrected chi connectivity index (χ1v) is 11.7. The van der Waals surface area contributed by atoms with Gasteiger partial charge in [-0.2, -0.15) is 0 Å². The molecule has 0 saturated heterocycles. The molecule has 0 atom stereocenters. The molecule has 2 heterocycles. The van der Waals surface area contributed by atoms with Gasteiger partial charge in [-0.05, 0) is 49.0 Å². The zero-order chi connectivity index (χ0) is 25.5. The molecular formula is C25H27ClN4O6. The number of hydrogen-bond acceptors (Lipinski definition) is 9. The van der Waals surface area contributed by atoms with E-state index >= 15 is 0 Å². The summed E-state index contributed by atoms with van der Waals surface area (Å²) in [4.78, 5) is 20.7. The minimum atomic E-state index is -0.654. The van der Waals surface area contributed by atoms with Gasteiger partial charge in [-0.1, -0.05) is 23.7 Å². The van der Waals surface area contributed by atoms with Gasteiger partial charge in [-0.25, -0.2) is 9.78 Å². The molecule has 4 rings (SSSR count). The van der Waals surface area contributed by atoms with Crippen molar-refractivity contribution in [1.29, 1.82) is 0 Å². The second-order valence-corrected chi connectivity index (χ2v) is 8.26. The van der Waals surface area contributed by atoms with Gasteiger partial charge in [0.05, 0.1) is 18.7 Å². The van der Waals surface area contributed by atoms with Crippen molar-refractivity contribution in [3.63, 3.8) is 0 Å². The van der Waals surface area contributed by atoms with Crippen LogP contribution < -0.4 is 15.2 Å². The summed E-state index contributed by atoms with van der Waals surface area (Å²) in [5.74, 6) is 1.97. The van der Waals surface area contributed by atoms with Crippen molar-refractivity contribution in [3.05, 3.63) is 69.5 Å². The van der Waals surface area contributed by atoms with Gasteiger partial charge in [0.15, 0.2) is 11.6 Å². The van der Waals surface area contributed by atoms with E-state index in [1.807, 2.05) is 24.3 Å². The number of hydrogen-bond donors (Lipinski definition) is 1. The number of nitrogens with zero attached hydrogens (tertiary/aromatic N) is 3. The highest BCUT2D eigenvalue weighted by atomic mass is 35.5. The largest absolute Gasteiger partial charge is 0.497 e. The summed E-state index contributed by atoms with van der Waals surface area (Å²) in [6, 6.07) is 12.6. The van der Waals surface area contributed by atoms with E-state index in [2.05, 4.69) is 26.5 Å². The van der Waals surface area contributed by atoms with Crippen LogP contribution in [0, 0.1) is 0 Å². The van der Waals surface area contributed by atoms with Gasteiger partial charge in [-0.15, -0.1) is 0 Å². The summed E-state index contributed by atoms with van der Waals surface area (Å²) in [5, 5.41) is 4.02. The summed E-state index contributed by atoms with van der Waals surface area (Å²) in [5.41, 5.74) is 2.13. The predicted octanol–water partition coefficient (Wildman–Crippen LogP) is 4.39. The van der Waals surface area contributed by atoms with E-state index in [1.165, 1.54) is 0 Å². The number of nitrogens with one attached hydrogen (secondary N) is 1. The smallest absolute Gasteiger partial charge is 0.439 e. The van der Waals surface area contributed by atoms with E-state index in [0.717, 1.165) is 30.1 Å². The Morgan fingerprint density at radius 1 is 1.11 bits per heavy atom. The molecule has 0 aliphatic heterocycles. The highest BCUT2D eigenvalue weighted by molar-refractivity contribution is 6.33. The summed E-state index contributed by atoms with van der Waals surface area (Å²) >= 11 is 6.38. The fourth-order valence-corrected chi connectivity index (χ4v) is 3.79. The third-order valence-corrected chi connectivity index (χ3v) is 5.87. The molecule has 2 aromatic heterocycles. The molecule has 0 amide bonds. The van der Waals surface area contributed by atoms with Crippen LogP contribution in [0.3, 0.4) is 0 Å². The molecule has 0 unspecified atom stereocenters. The topological polar surface area (TPSA) is 116 Å². The van der Waals surface area contributed by atoms with E-state index in [4.69, 9.17) is 35.2 Å². The van der Waals surface area contributed by atoms with Crippen molar-refractivity contribution in [3.8, 4) is 34.3 Å². The number of benzene rings is 2. The highest BCUT2D eigenvalue weighted by Gasteiger charge is 2.18. The molecule has 11 heteroatoms. The summed E-state index contributed by atoms with van der Waals surface area (Å²) in [6.07, 6.45) is 0. The SMILES string of the molecule is CCN(CCOC)Cc1nc(-c2ccc(OC)cc2)oc1COc1ccc(-c2noc(=O)[nH]2)c(Cl)c1. The number of oxazole rings is 1. The van der Waals surface area contributed by atoms with Crippen molar-refractivity contribution in [1.82, 2.24) is 20.0 Å². The van der Waals surface area contributed by atoms with E-state index in [0.29, 0.717) is 41.1 Å². The van der Waals surface area contributed by atoms with Crippen LogP contribution in [0.25, 0.3) is 22.8 Å². The predicted molar refractivity (Wildman–Crippen MR) is 133 cm³/mol. The van der Waals surface area contributed by atoms with Crippen LogP contribution in [0.1, 0.15) is 18.4 Å². The Balaban J connectivity index is 1.56. The summed E-state index contributed by atoms with van der Waals surface area (Å²) in [6.45, 7) is 5.02. The molecule has 1 N–H and O–H groups in total. The maximum atomic E-state index is 11.2. The third-order valence-electron chi connectivity index (χ3n) is 5.55. The molecule has 0 spiro atoms. The normalized spacial score (nSPS) is 11.2. The van der Waals surface area contributed by atoms with E-state index in [-0.39, 0.29) is 12.4 Å². The molecule has 190 valence electrons. The lowest BCUT2D eigenvalue weighted by Crippen LogP contribution is -2.27. The van der Waals surface area contributed by atoms with Crippen LogP contribution in [0.2, 0.25) is 5.02 Å². The zero-order valence-electron chi connectivity index (χ0n) is 20.2. The second-order valence-electron chi connectivity index (χ2n) is 7.85. The fourth-order valence-electron chi connectivity index (χ4n) is 3.53. The number of halogens is 1. The van der Waals surface area contributed by atoms with E-state index in [9.17, 15) is 4.79 Å². The number of ether oxygens (including phenoxy) is 3. The van der Waals surface area contributed by atoms with Crippen LogP contribution in [0.15, 0.2) is 56.2 Å². The van der Waals surface area contributed by atoms with Gasteiger partial charge in [-0.3, -0.25) is 14.4 Å². The number of aromatic amines is 1. The summed E-state index contributed by atoms with van der Waals surface area (Å²) in [7, 11) is 3.30. The molecule has 36 heavy (non-hydrogen) atoms. The fraction of sp³-hybridized carbons (Fsp3) is 0.320. The Kier molecular flexibility index (Phi) is 8.42. The van der Waals surface area contributed by atoms with Crippen LogP contribution in [0.4, 0.5) is 0 Å². The second kappa shape index (κ2) is 11.9. The summed E-state index contributed by atoms with van der Waals surface area (Å²) < 4.78 is 27.2. The van der Waals surface area contributed by atoms with Crippen molar-refractivity contribution >= 4 is 11.6 Å².